The molecule has 0 fully saturated rings. The van der Waals surface area contributed by atoms with E-state index >= 15 is 0 Å². The zero-order valence-corrected chi connectivity index (χ0v) is 10.3. The number of hydrazine groups is 1. The Bertz CT molecular complexity index is 567. The number of carbonyl (C=O) groups excluding carboxylic acids is 1. The highest BCUT2D eigenvalue weighted by molar-refractivity contribution is 5.91. The molecule has 0 unspecified atom stereocenters. The SMILES string of the molecule is CN(Cc1cc(C(=O)NN)no1)c1ccc(F)cc1. The van der Waals surface area contributed by atoms with Crippen LogP contribution in [0.5, 0.6) is 0 Å². The van der Waals surface area contributed by atoms with E-state index in [1.807, 2.05) is 17.4 Å². The predicted molar refractivity (Wildman–Crippen MR) is 66.7 cm³/mol. The van der Waals surface area contributed by atoms with Gasteiger partial charge in [0.1, 0.15) is 5.82 Å². The molecule has 2 aromatic rings. The van der Waals surface area contributed by atoms with Gasteiger partial charge in [0.15, 0.2) is 11.5 Å². The number of hydrogen-bond donors (Lipinski definition) is 2. The van der Waals surface area contributed by atoms with E-state index in [9.17, 15) is 9.18 Å². The maximum Gasteiger partial charge on any atom is 0.287 e. The summed E-state index contributed by atoms with van der Waals surface area (Å²) in [6.07, 6.45) is 0. The quantitative estimate of drug-likeness (QED) is 0.490. The van der Waals surface area contributed by atoms with Gasteiger partial charge >= 0.3 is 0 Å². The fourth-order valence-corrected chi connectivity index (χ4v) is 1.59. The Kier molecular flexibility index (Phi) is 3.76. The zero-order valence-electron chi connectivity index (χ0n) is 10.3. The number of nitrogen functional groups attached to an aromatic ring is 1. The van der Waals surface area contributed by atoms with Crippen LogP contribution >= 0.6 is 0 Å². The molecular weight excluding hydrogens is 251 g/mol. The molecule has 0 aliphatic carbocycles. The number of amides is 1. The first-order valence-corrected chi connectivity index (χ1v) is 5.53. The third-order valence-electron chi connectivity index (χ3n) is 2.58. The number of carbonyl (C=O) groups is 1. The summed E-state index contributed by atoms with van der Waals surface area (Å²) >= 11 is 0. The van der Waals surface area contributed by atoms with Crippen LogP contribution in [0.25, 0.3) is 0 Å². The maximum atomic E-state index is 12.8. The number of nitrogens with one attached hydrogen (secondary N) is 1. The summed E-state index contributed by atoms with van der Waals surface area (Å²) in [7, 11) is 1.82. The van der Waals surface area contributed by atoms with E-state index in [0.717, 1.165) is 5.69 Å². The lowest BCUT2D eigenvalue weighted by Gasteiger charge is -2.17. The number of benzene rings is 1. The molecule has 0 spiro atoms. The van der Waals surface area contributed by atoms with Crippen LogP contribution in [0, 0.1) is 5.82 Å². The van der Waals surface area contributed by atoms with Crippen molar-refractivity contribution in [2.45, 2.75) is 6.54 Å². The van der Waals surface area contributed by atoms with Gasteiger partial charge in [0.25, 0.3) is 5.91 Å². The molecule has 1 aromatic heterocycles. The van der Waals surface area contributed by atoms with Gasteiger partial charge in [-0.2, -0.15) is 0 Å². The van der Waals surface area contributed by atoms with Crippen molar-refractivity contribution in [3.05, 3.63) is 47.6 Å². The van der Waals surface area contributed by atoms with Crippen molar-refractivity contribution in [1.82, 2.24) is 10.6 Å². The van der Waals surface area contributed by atoms with Gasteiger partial charge < -0.3 is 9.42 Å². The number of anilines is 1. The third-order valence-corrected chi connectivity index (χ3v) is 2.58. The first kappa shape index (κ1) is 13.0. The van der Waals surface area contributed by atoms with Gasteiger partial charge in [-0.25, -0.2) is 10.2 Å². The second kappa shape index (κ2) is 5.49. The minimum absolute atomic E-state index is 0.116. The molecule has 0 aliphatic heterocycles. The molecule has 1 aromatic carbocycles. The Morgan fingerprint density at radius 2 is 2.16 bits per heavy atom. The van der Waals surface area contributed by atoms with Crippen molar-refractivity contribution >= 4 is 11.6 Å². The highest BCUT2D eigenvalue weighted by Crippen LogP contribution is 2.16. The first-order valence-electron chi connectivity index (χ1n) is 5.53. The number of hydrogen-bond acceptors (Lipinski definition) is 5. The van der Waals surface area contributed by atoms with Crippen LogP contribution in [0.1, 0.15) is 16.2 Å². The Labute approximate surface area is 108 Å². The van der Waals surface area contributed by atoms with E-state index in [0.29, 0.717) is 12.3 Å². The Morgan fingerprint density at radius 1 is 1.47 bits per heavy atom. The molecule has 3 N–H and O–H groups in total. The van der Waals surface area contributed by atoms with E-state index in [-0.39, 0.29) is 11.5 Å². The fraction of sp³-hybridized carbons (Fsp3) is 0.167. The average molecular weight is 264 g/mol. The molecule has 0 bridgehead atoms. The molecule has 1 heterocycles. The summed E-state index contributed by atoms with van der Waals surface area (Å²) in [6, 6.07) is 7.56. The van der Waals surface area contributed by atoms with E-state index in [2.05, 4.69) is 5.16 Å². The smallest absolute Gasteiger partial charge is 0.287 e. The van der Waals surface area contributed by atoms with Gasteiger partial charge in [0.05, 0.1) is 6.54 Å². The second-order valence-electron chi connectivity index (χ2n) is 3.98. The Balaban J connectivity index is 2.06. The highest BCUT2D eigenvalue weighted by Gasteiger charge is 2.12. The molecule has 100 valence electrons. The van der Waals surface area contributed by atoms with Crippen LogP contribution in [0.4, 0.5) is 10.1 Å². The van der Waals surface area contributed by atoms with E-state index < -0.39 is 5.91 Å². The van der Waals surface area contributed by atoms with Crippen molar-refractivity contribution < 1.29 is 13.7 Å². The van der Waals surface area contributed by atoms with Crippen molar-refractivity contribution in [1.29, 1.82) is 0 Å². The maximum absolute atomic E-state index is 12.8. The second-order valence-corrected chi connectivity index (χ2v) is 3.98. The summed E-state index contributed by atoms with van der Waals surface area (Å²) < 4.78 is 17.8. The standard InChI is InChI=1S/C12H13FN4O2/c1-17(9-4-2-8(13)3-5-9)7-10-6-11(16-19-10)12(18)15-14/h2-6H,7,14H2,1H3,(H,15,18). The van der Waals surface area contributed by atoms with Crippen LogP contribution in [0.2, 0.25) is 0 Å². The van der Waals surface area contributed by atoms with Gasteiger partial charge in [0, 0.05) is 18.8 Å². The predicted octanol–water partition coefficient (Wildman–Crippen LogP) is 1.05. The van der Waals surface area contributed by atoms with Gasteiger partial charge in [-0.1, -0.05) is 5.16 Å². The van der Waals surface area contributed by atoms with Crippen molar-refractivity contribution in [2.75, 3.05) is 11.9 Å². The molecule has 7 heteroatoms. The monoisotopic (exact) mass is 264 g/mol. The Morgan fingerprint density at radius 3 is 2.79 bits per heavy atom. The van der Waals surface area contributed by atoms with E-state index in [1.165, 1.54) is 18.2 Å². The van der Waals surface area contributed by atoms with Gasteiger partial charge in [-0.05, 0) is 24.3 Å². The van der Waals surface area contributed by atoms with Crippen molar-refractivity contribution in [3.63, 3.8) is 0 Å². The molecule has 1 amide bonds. The molecular formula is C12H13FN4O2. The molecule has 0 aliphatic rings. The van der Waals surface area contributed by atoms with Gasteiger partial charge in [-0.15, -0.1) is 0 Å². The number of rotatable bonds is 4. The fourth-order valence-electron chi connectivity index (χ4n) is 1.59. The van der Waals surface area contributed by atoms with Crippen LogP contribution in [0.3, 0.4) is 0 Å². The van der Waals surface area contributed by atoms with Crippen LogP contribution in [-0.4, -0.2) is 18.1 Å². The normalized spacial score (nSPS) is 10.3. The topological polar surface area (TPSA) is 84.4 Å². The molecule has 0 saturated heterocycles. The van der Waals surface area contributed by atoms with Crippen LogP contribution < -0.4 is 16.2 Å². The summed E-state index contributed by atoms with van der Waals surface area (Å²) in [5.74, 6) is 4.69. The first-order chi connectivity index (χ1) is 9.10. The molecule has 0 saturated carbocycles. The average Bonchev–Trinajstić information content (AvgIpc) is 2.87. The number of nitrogens with zero attached hydrogens (tertiary/aromatic N) is 2. The van der Waals surface area contributed by atoms with Crippen LogP contribution in [-0.2, 0) is 6.54 Å². The third kappa shape index (κ3) is 3.08. The zero-order chi connectivity index (χ0) is 13.8. The minimum atomic E-state index is -0.514. The number of nitrogens with two attached hydrogens (primary N) is 1. The largest absolute Gasteiger partial charge is 0.367 e. The Hall–Kier alpha value is -2.41. The minimum Gasteiger partial charge on any atom is -0.367 e. The van der Waals surface area contributed by atoms with Gasteiger partial charge in [0.2, 0.25) is 0 Å². The van der Waals surface area contributed by atoms with Crippen molar-refractivity contribution in [2.24, 2.45) is 5.84 Å². The molecule has 0 atom stereocenters. The van der Waals surface area contributed by atoms with Crippen molar-refractivity contribution in [3.8, 4) is 0 Å². The summed E-state index contributed by atoms with van der Waals surface area (Å²) in [5, 5.41) is 3.59. The summed E-state index contributed by atoms with van der Waals surface area (Å²) in [4.78, 5) is 13.0. The van der Waals surface area contributed by atoms with Crippen LogP contribution in [0.15, 0.2) is 34.9 Å². The molecule has 2 rings (SSSR count). The summed E-state index contributed by atoms with van der Waals surface area (Å²) in [5.41, 5.74) is 2.91. The molecule has 19 heavy (non-hydrogen) atoms. The molecule has 0 radical (unpaired) electrons. The number of halogens is 1. The van der Waals surface area contributed by atoms with Gasteiger partial charge in [-0.3, -0.25) is 10.2 Å². The lowest BCUT2D eigenvalue weighted by Crippen LogP contribution is -2.30. The van der Waals surface area contributed by atoms with E-state index in [4.69, 9.17) is 10.4 Å². The van der Waals surface area contributed by atoms with E-state index in [1.54, 1.807) is 12.1 Å². The lowest BCUT2D eigenvalue weighted by molar-refractivity contribution is 0.0944. The highest BCUT2D eigenvalue weighted by atomic mass is 19.1. The number of aromatic nitrogens is 1. The summed E-state index contributed by atoms with van der Waals surface area (Å²) in [6.45, 7) is 0.399. The molecule has 6 nitrogen and oxygen atoms in total. The lowest BCUT2D eigenvalue weighted by atomic mass is 10.2.